The molecule has 2 aromatic carbocycles. The van der Waals surface area contributed by atoms with Crippen LogP contribution in [0.2, 0.25) is 0 Å². The Balaban J connectivity index is 1.78. The molecule has 0 radical (unpaired) electrons. The van der Waals surface area contributed by atoms with Gasteiger partial charge in [-0.05, 0) is 49.1 Å². The van der Waals surface area contributed by atoms with Gasteiger partial charge in [0.15, 0.2) is 17.5 Å². The molecule has 0 spiro atoms. The summed E-state index contributed by atoms with van der Waals surface area (Å²) < 4.78 is 16.3. The lowest BCUT2D eigenvalue weighted by Gasteiger charge is -2.13. The molecule has 6 nitrogen and oxygen atoms in total. The fourth-order valence-corrected chi connectivity index (χ4v) is 2.78. The molecule has 158 valence electrons. The average molecular weight is 400 g/mol. The normalized spacial score (nSPS) is 11.4. The Labute approximate surface area is 174 Å². The van der Waals surface area contributed by atoms with E-state index in [4.69, 9.17) is 14.2 Å². The second-order valence-corrected chi connectivity index (χ2v) is 6.97. The van der Waals surface area contributed by atoms with Crippen LogP contribution in [0, 0.1) is 0 Å². The van der Waals surface area contributed by atoms with Crippen molar-refractivity contribution in [2.24, 2.45) is 4.99 Å². The third-order valence-corrected chi connectivity index (χ3v) is 4.44. The maximum atomic E-state index is 5.63. The number of ether oxygens (including phenoxy) is 3. The molecule has 0 saturated heterocycles. The lowest BCUT2D eigenvalue weighted by molar-refractivity contribution is 0.0657. The monoisotopic (exact) mass is 399 g/mol. The first-order chi connectivity index (χ1) is 14.0. The first-order valence-electron chi connectivity index (χ1n) is 9.90. The highest BCUT2D eigenvalue weighted by molar-refractivity contribution is 5.79. The van der Waals surface area contributed by atoms with Gasteiger partial charge in [-0.15, -0.1) is 0 Å². The Morgan fingerprint density at radius 1 is 0.897 bits per heavy atom. The largest absolute Gasteiger partial charge is 0.493 e. The molecule has 2 rings (SSSR count). The van der Waals surface area contributed by atoms with E-state index in [-0.39, 0.29) is 6.10 Å². The lowest BCUT2D eigenvalue weighted by Crippen LogP contribution is -2.37. The first kappa shape index (κ1) is 22.6. The van der Waals surface area contributed by atoms with Gasteiger partial charge < -0.3 is 24.8 Å². The van der Waals surface area contributed by atoms with Gasteiger partial charge in [-0.2, -0.15) is 0 Å². The van der Waals surface area contributed by atoms with Crippen LogP contribution in [0.4, 0.5) is 0 Å². The molecule has 6 heteroatoms. The molecule has 0 amide bonds. The van der Waals surface area contributed by atoms with Crippen LogP contribution < -0.4 is 20.1 Å². The number of benzene rings is 2. The van der Waals surface area contributed by atoms with Crippen molar-refractivity contribution >= 4 is 5.96 Å². The Bertz CT molecular complexity index is 773. The molecular formula is C23H33N3O3. The van der Waals surface area contributed by atoms with Gasteiger partial charge >= 0.3 is 0 Å². The summed E-state index contributed by atoms with van der Waals surface area (Å²) >= 11 is 0. The molecular weight excluding hydrogens is 366 g/mol. The summed E-state index contributed by atoms with van der Waals surface area (Å²) in [7, 11) is 5.06. The van der Waals surface area contributed by atoms with E-state index in [9.17, 15) is 0 Å². The predicted molar refractivity (Wildman–Crippen MR) is 118 cm³/mol. The molecule has 0 aliphatic carbocycles. The van der Waals surface area contributed by atoms with Crippen LogP contribution >= 0.6 is 0 Å². The van der Waals surface area contributed by atoms with Gasteiger partial charge in [-0.3, -0.25) is 4.99 Å². The maximum absolute atomic E-state index is 5.63. The summed E-state index contributed by atoms with van der Waals surface area (Å²) in [5.41, 5.74) is 3.55. The fraction of sp³-hybridized carbons (Fsp3) is 0.435. The van der Waals surface area contributed by atoms with Gasteiger partial charge in [0.25, 0.3) is 0 Å². The standard InChI is InChI=1S/C23H33N3O3/c1-17(2)29-16-20-8-6-19(7-9-20)15-26-23(24-3)25-13-12-18-10-11-21(27-4)22(14-18)28-5/h6-11,14,17H,12-13,15-16H2,1-5H3,(H2,24,25,26). The van der Waals surface area contributed by atoms with Crippen LogP contribution in [0.1, 0.15) is 30.5 Å². The smallest absolute Gasteiger partial charge is 0.191 e. The molecule has 0 unspecified atom stereocenters. The van der Waals surface area contributed by atoms with E-state index in [0.717, 1.165) is 30.4 Å². The molecule has 0 saturated carbocycles. The van der Waals surface area contributed by atoms with Crippen LogP contribution in [0.5, 0.6) is 11.5 Å². The van der Waals surface area contributed by atoms with Crippen LogP contribution in [0.3, 0.4) is 0 Å². The molecule has 0 aliphatic heterocycles. The van der Waals surface area contributed by atoms with E-state index in [0.29, 0.717) is 13.2 Å². The zero-order valence-corrected chi connectivity index (χ0v) is 18.1. The molecule has 29 heavy (non-hydrogen) atoms. The Kier molecular flexibility index (Phi) is 9.31. The minimum absolute atomic E-state index is 0.241. The second kappa shape index (κ2) is 12.0. The zero-order chi connectivity index (χ0) is 21.1. The van der Waals surface area contributed by atoms with Crippen molar-refractivity contribution in [2.75, 3.05) is 27.8 Å². The van der Waals surface area contributed by atoms with E-state index in [2.05, 4.69) is 39.9 Å². The Morgan fingerprint density at radius 2 is 1.55 bits per heavy atom. The third-order valence-electron chi connectivity index (χ3n) is 4.44. The minimum atomic E-state index is 0.241. The Morgan fingerprint density at radius 3 is 2.17 bits per heavy atom. The van der Waals surface area contributed by atoms with Crippen molar-refractivity contribution in [2.45, 2.75) is 39.5 Å². The van der Waals surface area contributed by atoms with Crippen molar-refractivity contribution < 1.29 is 14.2 Å². The number of hydrogen-bond donors (Lipinski definition) is 2. The molecule has 0 heterocycles. The molecule has 0 atom stereocenters. The second-order valence-electron chi connectivity index (χ2n) is 6.97. The van der Waals surface area contributed by atoms with Crippen molar-refractivity contribution in [1.29, 1.82) is 0 Å². The highest BCUT2D eigenvalue weighted by atomic mass is 16.5. The zero-order valence-electron chi connectivity index (χ0n) is 18.1. The van der Waals surface area contributed by atoms with Crippen LogP contribution in [0.25, 0.3) is 0 Å². The Hall–Kier alpha value is -2.73. The molecule has 0 fully saturated rings. The van der Waals surface area contributed by atoms with Crippen molar-refractivity contribution in [3.05, 3.63) is 59.2 Å². The molecule has 2 aromatic rings. The number of nitrogens with zero attached hydrogens (tertiary/aromatic N) is 1. The van der Waals surface area contributed by atoms with Crippen molar-refractivity contribution in [3.63, 3.8) is 0 Å². The van der Waals surface area contributed by atoms with E-state index in [1.54, 1.807) is 21.3 Å². The summed E-state index contributed by atoms with van der Waals surface area (Å²) in [5, 5.41) is 6.69. The number of aliphatic imine (C=N–C) groups is 1. The topological polar surface area (TPSA) is 64.1 Å². The van der Waals surface area contributed by atoms with Crippen molar-refractivity contribution in [1.82, 2.24) is 10.6 Å². The van der Waals surface area contributed by atoms with Gasteiger partial charge in [-0.1, -0.05) is 30.3 Å². The molecule has 0 aromatic heterocycles. The van der Waals surface area contributed by atoms with E-state index < -0.39 is 0 Å². The predicted octanol–water partition coefficient (Wildman–Crippen LogP) is 3.54. The number of rotatable bonds is 10. The quantitative estimate of drug-likeness (QED) is 0.473. The van der Waals surface area contributed by atoms with Crippen LogP contribution in [-0.2, 0) is 24.3 Å². The summed E-state index contributed by atoms with van der Waals surface area (Å²) in [6.45, 7) is 6.21. The SMILES string of the molecule is CN=C(NCCc1ccc(OC)c(OC)c1)NCc1ccc(COC(C)C)cc1. The highest BCUT2D eigenvalue weighted by Crippen LogP contribution is 2.27. The lowest BCUT2D eigenvalue weighted by atomic mass is 10.1. The summed E-state index contributed by atoms with van der Waals surface area (Å²) in [6.07, 6.45) is 1.09. The van der Waals surface area contributed by atoms with Crippen LogP contribution in [-0.4, -0.2) is 39.9 Å². The third kappa shape index (κ3) is 7.66. The van der Waals surface area contributed by atoms with Gasteiger partial charge in [-0.25, -0.2) is 0 Å². The van der Waals surface area contributed by atoms with Gasteiger partial charge in [0, 0.05) is 20.1 Å². The molecule has 0 aliphatic rings. The van der Waals surface area contributed by atoms with Crippen molar-refractivity contribution in [3.8, 4) is 11.5 Å². The van der Waals surface area contributed by atoms with E-state index in [1.165, 1.54) is 16.7 Å². The minimum Gasteiger partial charge on any atom is -0.493 e. The summed E-state index contributed by atoms with van der Waals surface area (Å²) in [5.74, 6) is 2.26. The van der Waals surface area contributed by atoms with Gasteiger partial charge in [0.05, 0.1) is 26.9 Å². The molecule has 2 N–H and O–H groups in total. The van der Waals surface area contributed by atoms with Gasteiger partial charge in [0.2, 0.25) is 0 Å². The van der Waals surface area contributed by atoms with E-state index >= 15 is 0 Å². The fourth-order valence-electron chi connectivity index (χ4n) is 2.78. The highest BCUT2D eigenvalue weighted by Gasteiger charge is 2.05. The summed E-state index contributed by atoms with van der Waals surface area (Å²) in [6, 6.07) is 14.4. The van der Waals surface area contributed by atoms with E-state index in [1.807, 2.05) is 32.0 Å². The van der Waals surface area contributed by atoms with Crippen LogP contribution in [0.15, 0.2) is 47.5 Å². The number of hydrogen-bond acceptors (Lipinski definition) is 4. The summed E-state index contributed by atoms with van der Waals surface area (Å²) in [4.78, 5) is 4.29. The average Bonchev–Trinajstić information content (AvgIpc) is 2.75. The molecule has 0 bridgehead atoms. The number of nitrogens with one attached hydrogen (secondary N) is 2. The number of guanidine groups is 1. The van der Waals surface area contributed by atoms with Gasteiger partial charge in [0.1, 0.15) is 0 Å². The number of methoxy groups -OCH3 is 2. The maximum Gasteiger partial charge on any atom is 0.191 e. The first-order valence-corrected chi connectivity index (χ1v) is 9.90.